The summed E-state index contributed by atoms with van der Waals surface area (Å²) in [4.78, 5) is 2.36. The Morgan fingerprint density at radius 3 is 2.46 bits per heavy atom. The summed E-state index contributed by atoms with van der Waals surface area (Å²) in [5.41, 5.74) is 1.31. The van der Waals surface area contributed by atoms with Crippen molar-refractivity contribution in [2.45, 2.75) is 6.92 Å². The van der Waals surface area contributed by atoms with Crippen molar-refractivity contribution in [3.63, 3.8) is 0 Å². The summed E-state index contributed by atoms with van der Waals surface area (Å²) in [7, 11) is 1.98. The van der Waals surface area contributed by atoms with Gasteiger partial charge in [0.15, 0.2) is 0 Å². The lowest BCUT2D eigenvalue weighted by Crippen LogP contribution is -2.30. The Bertz CT molecular complexity index is 221. The summed E-state index contributed by atoms with van der Waals surface area (Å²) in [5.74, 6) is 0. The molecule has 2 heteroatoms. The molecule has 13 heavy (non-hydrogen) atoms. The van der Waals surface area contributed by atoms with Crippen molar-refractivity contribution in [2.24, 2.45) is 0 Å². The number of rotatable bonds is 5. The first-order valence-electron chi connectivity index (χ1n) is 4.83. The molecule has 0 aliphatic rings. The average molecular weight is 178 g/mol. The Balaban J connectivity index is 2.56. The van der Waals surface area contributed by atoms with Crippen molar-refractivity contribution in [1.29, 1.82) is 0 Å². The molecule has 0 fully saturated rings. The molecule has 0 saturated heterocycles. The molecular formula is C11H18N2. The molecule has 0 saturated carbocycles. The minimum atomic E-state index is 1.03. The van der Waals surface area contributed by atoms with E-state index >= 15 is 0 Å². The van der Waals surface area contributed by atoms with Crippen LogP contribution in [0.4, 0.5) is 5.69 Å². The molecule has 72 valence electrons. The predicted octanol–water partition coefficient (Wildman–Crippen LogP) is 1.73. The molecule has 0 aliphatic carbocycles. The smallest absolute Gasteiger partial charge is 0.0366 e. The Morgan fingerprint density at radius 1 is 1.23 bits per heavy atom. The zero-order valence-corrected chi connectivity index (χ0v) is 8.46. The summed E-state index contributed by atoms with van der Waals surface area (Å²) in [6.07, 6.45) is 0. The number of likely N-dealkylation sites (N-methyl/N-ethyl adjacent to an activating group) is 2. The van der Waals surface area contributed by atoms with Crippen molar-refractivity contribution in [1.82, 2.24) is 5.32 Å². The molecule has 1 N–H and O–H groups in total. The van der Waals surface area contributed by atoms with Gasteiger partial charge < -0.3 is 10.2 Å². The van der Waals surface area contributed by atoms with Gasteiger partial charge in [0.05, 0.1) is 0 Å². The standard InChI is InChI=1S/C11H18N2/c1-3-13(10-9-12-2)11-7-5-4-6-8-11/h4-8,12H,3,9-10H2,1-2H3. The van der Waals surface area contributed by atoms with Crippen LogP contribution in [0.5, 0.6) is 0 Å². The van der Waals surface area contributed by atoms with E-state index in [4.69, 9.17) is 0 Å². The fraction of sp³-hybridized carbons (Fsp3) is 0.455. The van der Waals surface area contributed by atoms with Crippen LogP contribution in [0.1, 0.15) is 6.92 Å². The van der Waals surface area contributed by atoms with Gasteiger partial charge in [-0.15, -0.1) is 0 Å². The Hall–Kier alpha value is -1.02. The highest BCUT2D eigenvalue weighted by molar-refractivity contribution is 5.45. The minimum absolute atomic E-state index is 1.03. The lowest BCUT2D eigenvalue weighted by atomic mass is 10.3. The summed E-state index contributed by atoms with van der Waals surface area (Å²) in [5, 5.41) is 3.16. The second-order valence-corrected chi connectivity index (χ2v) is 3.02. The number of nitrogens with one attached hydrogen (secondary N) is 1. The monoisotopic (exact) mass is 178 g/mol. The van der Waals surface area contributed by atoms with Crippen LogP contribution < -0.4 is 10.2 Å². The Morgan fingerprint density at radius 2 is 1.92 bits per heavy atom. The quantitative estimate of drug-likeness (QED) is 0.738. The zero-order chi connectivity index (χ0) is 9.52. The molecule has 1 aromatic carbocycles. The summed E-state index contributed by atoms with van der Waals surface area (Å²) in [6.45, 7) is 5.34. The van der Waals surface area contributed by atoms with E-state index in [0.717, 1.165) is 19.6 Å². The van der Waals surface area contributed by atoms with E-state index in [1.807, 2.05) is 7.05 Å². The van der Waals surface area contributed by atoms with Crippen LogP contribution >= 0.6 is 0 Å². The van der Waals surface area contributed by atoms with Gasteiger partial charge in [0.2, 0.25) is 0 Å². The highest BCUT2D eigenvalue weighted by atomic mass is 15.1. The molecule has 0 aliphatic heterocycles. The van der Waals surface area contributed by atoms with Gasteiger partial charge in [0.1, 0.15) is 0 Å². The van der Waals surface area contributed by atoms with E-state index in [1.165, 1.54) is 5.69 Å². The van der Waals surface area contributed by atoms with E-state index in [9.17, 15) is 0 Å². The fourth-order valence-electron chi connectivity index (χ4n) is 1.36. The summed E-state index contributed by atoms with van der Waals surface area (Å²) in [6, 6.07) is 10.5. The third-order valence-electron chi connectivity index (χ3n) is 2.13. The molecule has 0 unspecified atom stereocenters. The van der Waals surface area contributed by atoms with Crippen LogP contribution in [-0.2, 0) is 0 Å². The highest BCUT2D eigenvalue weighted by Crippen LogP contribution is 2.11. The van der Waals surface area contributed by atoms with Crippen LogP contribution in [0.3, 0.4) is 0 Å². The van der Waals surface area contributed by atoms with Gasteiger partial charge in [-0.2, -0.15) is 0 Å². The minimum Gasteiger partial charge on any atom is -0.371 e. The average Bonchev–Trinajstić information content (AvgIpc) is 2.21. The van der Waals surface area contributed by atoms with Gasteiger partial charge in [-0.25, -0.2) is 0 Å². The maximum absolute atomic E-state index is 3.16. The van der Waals surface area contributed by atoms with Crippen LogP contribution in [-0.4, -0.2) is 26.7 Å². The molecule has 0 bridgehead atoms. The van der Waals surface area contributed by atoms with E-state index in [0.29, 0.717) is 0 Å². The predicted molar refractivity (Wildman–Crippen MR) is 58.3 cm³/mol. The summed E-state index contributed by atoms with van der Waals surface area (Å²) >= 11 is 0. The van der Waals surface area contributed by atoms with Gasteiger partial charge in [0.25, 0.3) is 0 Å². The van der Waals surface area contributed by atoms with Crippen molar-refractivity contribution < 1.29 is 0 Å². The van der Waals surface area contributed by atoms with Crippen molar-refractivity contribution in [3.05, 3.63) is 30.3 Å². The first-order chi connectivity index (χ1) is 6.38. The summed E-state index contributed by atoms with van der Waals surface area (Å²) < 4.78 is 0. The van der Waals surface area contributed by atoms with E-state index < -0.39 is 0 Å². The number of benzene rings is 1. The maximum Gasteiger partial charge on any atom is 0.0366 e. The topological polar surface area (TPSA) is 15.3 Å². The highest BCUT2D eigenvalue weighted by Gasteiger charge is 2.00. The largest absolute Gasteiger partial charge is 0.371 e. The van der Waals surface area contributed by atoms with E-state index in [2.05, 4.69) is 47.5 Å². The zero-order valence-electron chi connectivity index (χ0n) is 8.46. The molecule has 1 aromatic rings. The second-order valence-electron chi connectivity index (χ2n) is 3.02. The van der Waals surface area contributed by atoms with Gasteiger partial charge in [-0.3, -0.25) is 0 Å². The SMILES string of the molecule is CCN(CCNC)c1ccccc1. The molecule has 0 amide bonds. The molecule has 0 atom stereocenters. The van der Waals surface area contributed by atoms with Crippen LogP contribution in [0.25, 0.3) is 0 Å². The third kappa shape index (κ3) is 3.07. The second kappa shape index (κ2) is 5.60. The van der Waals surface area contributed by atoms with Crippen LogP contribution in [0.15, 0.2) is 30.3 Å². The molecule has 1 rings (SSSR count). The molecule has 0 heterocycles. The Labute approximate surface area is 80.6 Å². The van der Waals surface area contributed by atoms with Gasteiger partial charge >= 0.3 is 0 Å². The van der Waals surface area contributed by atoms with Crippen LogP contribution in [0.2, 0.25) is 0 Å². The molecule has 2 nitrogen and oxygen atoms in total. The van der Waals surface area contributed by atoms with Crippen LogP contribution in [0, 0.1) is 0 Å². The number of nitrogens with zero attached hydrogens (tertiary/aromatic N) is 1. The molecular weight excluding hydrogens is 160 g/mol. The molecule has 0 spiro atoms. The van der Waals surface area contributed by atoms with E-state index in [1.54, 1.807) is 0 Å². The maximum atomic E-state index is 3.16. The molecule has 0 radical (unpaired) electrons. The number of para-hydroxylation sites is 1. The van der Waals surface area contributed by atoms with Gasteiger partial charge in [-0.05, 0) is 26.1 Å². The van der Waals surface area contributed by atoms with E-state index in [-0.39, 0.29) is 0 Å². The van der Waals surface area contributed by atoms with Crippen molar-refractivity contribution >= 4 is 5.69 Å². The first kappa shape index (κ1) is 10.1. The van der Waals surface area contributed by atoms with Gasteiger partial charge in [0, 0.05) is 25.3 Å². The van der Waals surface area contributed by atoms with Crippen molar-refractivity contribution in [3.8, 4) is 0 Å². The molecule has 0 aromatic heterocycles. The fourth-order valence-corrected chi connectivity index (χ4v) is 1.36. The Kier molecular flexibility index (Phi) is 4.33. The third-order valence-corrected chi connectivity index (χ3v) is 2.13. The van der Waals surface area contributed by atoms with Gasteiger partial charge in [-0.1, -0.05) is 18.2 Å². The van der Waals surface area contributed by atoms with Crippen molar-refractivity contribution in [2.75, 3.05) is 31.6 Å². The first-order valence-corrected chi connectivity index (χ1v) is 4.83. The number of hydrogen-bond donors (Lipinski definition) is 1. The normalized spacial score (nSPS) is 10.0. The lowest BCUT2D eigenvalue weighted by Gasteiger charge is -2.22. The number of anilines is 1. The number of hydrogen-bond acceptors (Lipinski definition) is 2. The lowest BCUT2D eigenvalue weighted by molar-refractivity contribution is 0.737.